The monoisotopic (exact) mass is 400 g/mol. The largest absolute Gasteiger partial charge is 0.395 e. The fraction of sp³-hybridized carbons (Fsp3) is 1.00. The van der Waals surface area contributed by atoms with Gasteiger partial charge >= 0.3 is 8.56 Å². The van der Waals surface area contributed by atoms with Crippen LogP contribution in [0.4, 0.5) is 0 Å². The fourth-order valence-corrected chi connectivity index (χ4v) is 5.93. The fourth-order valence-electron chi connectivity index (χ4n) is 1.44. The SMILES string of the molecule is C[Si](Cl)(Cl)CCCO[Si](C)(C)OCCC[Si](C)(Cl)Cl. The van der Waals surface area contributed by atoms with Gasteiger partial charge in [-0.2, -0.15) is 0 Å². The second-order valence-corrected chi connectivity index (χ2v) is 25.3. The van der Waals surface area contributed by atoms with E-state index in [1.165, 1.54) is 0 Å². The first-order chi connectivity index (χ1) is 8.41. The van der Waals surface area contributed by atoms with Crippen molar-refractivity contribution >= 4 is 66.3 Å². The second-order valence-electron chi connectivity index (χ2n) is 5.44. The van der Waals surface area contributed by atoms with Crippen molar-refractivity contribution in [3.8, 4) is 0 Å². The smallest absolute Gasteiger partial charge is 0.331 e. The maximum Gasteiger partial charge on any atom is 0.331 e. The van der Waals surface area contributed by atoms with Gasteiger partial charge in [-0.25, -0.2) is 0 Å². The first-order valence-corrected chi connectivity index (χ1v) is 18.7. The second kappa shape index (κ2) is 9.00. The van der Waals surface area contributed by atoms with Gasteiger partial charge in [0, 0.05) is 13.2 Å². The minimum Gasteiger partial charge on any atom is -0.395 e. The molecule has 0 heterocycles. The summed E-state index contributed by atoms with van der Waals surface area (Å²) in [5.41, 5.74) is 0. The summed E-state index contributed by atoms with van der Waals surface area (Å²) in [5, 5.41) is 0. The van der Waals surface area contributed by atoms with Gasteiger partial charge in [0.25, 0.3) is 0 Å². The summed E-state index contributed by atoms with van der Waals surface area (Å²) in [6.45, 7) is 5.29. The van der Waals surface area contributed by atoms with Crippen LogP contribution in [-0.4, -0.2) is 35.2 Å². The molecule has 0 bridgehead atoms. The minimum absolute atomic E-state index is 0.665. The summed E-state index contributed by atoms with van der Waals surface area (Å²) in [6, 6.07) is 1.70. The van der Waals surface area contributed by atoms with Gasteiger partial charge < -0.3 is 8.85 Å². The Morgan fingerprint density at radius 1 is 0.684 bits per heavy atom. The third-order valence-corrected chi connectivity index (χ3v) is 8.95. The summed E-state index contributed by atoms with van der Waals surface area (Å²) >= 11 is 24.1. The quantitative estimate of drug-likeness (QED) is 0.269. The van der Waals surface area contributed by atoms with Crippen molar-refractivity contribution in [3.05, 3.63) is 0 Å². The normalized spacial score (nSPS) is 13.9. The number of hydrogen-bond donors (Lipinski definition) is 0. The minimum atomic E-state index is -2.04. The molecule has 0 saturated heterocycles. The van der Waals surface area contributed by atoms with E-state index >= 15 is 0 Å². The molecule has 0 saturated carbocycles. The van der Waals surface area contributed by atoms with E-state index in [2.05, 4.69) is 0 Å². The van der Waals surface area contributed by atoms with E-state index < -0.39 is 21.9 Å². The molecule has 0 aromatic rings. The van der Waals surface area contributed by atoms with Crippen LogP contribution in [0.5, 0.6) is 0 Å². The Morgan fingerprint density at radius 2 is 1.00 bits per heavy atom. The third kappa shape index (κ3) is 15.9. The summed E-state index contributed by atoms with van der Waals surface area (Å²) in [6.07, 6.45) is 1.79. The van der Waals surface area contributed by atoms with Crippen LogP contribution >= 0.6 is 44.3 Å². The average molecular weight is 402 g/mol. The van der Waals surface area contributed by atoms with Crippen molar-refractivity contribution in [1.29, 1.82) is 0 Å². The molecule has 0 aromatic heterocycles. The molecule has 0 atom stereocenters. The Bertz CT molecular complexity index is 230. The molecule has 0 aliphatic carbocycles. The lowest BCUT2D eigenvalue weighted by Gasteiger charge is -2.23. The first-order valence-electron chi connectivity index (χ1n) is 6.45. The van der Waals surface area contributed by atoms with Crippen LogP contribution in [-0.2, 0) is 8.85 Å². The van der Waals surface area contributed by atoms with Gasteiger partial charge in [-0.15, -0.1) is 44.3 Å². The molecule has 0 unspecified atom stereocenters. The highest BCUT2D eigenvalue weighted by Crippen LogP contribution is 2.23. The van der Waals surface area contributed by atoms with E-state index in [4.69, 9.17) is 53.2 Å². The summed E-state index contributed by atoms with van der Waals surface area (Å²) in [5.74, 6) is 0. The van der Waals surface area contributed by atoms with Crippen molar-refractivity contribution in [1.82, 2.24) is 0 Å². The van der Waals surface area contributed by atoms with Crippen molar-refractivity contribution in [2.24, 2.45) is 0 Å². The molecule has 0 rings (SSSR count). The van der Waals surface area contributed by atoms with Crippen LogP contribution < -0.4 is 0 Å². The van der Waals surface area contributed by atoms with Crippen LogP contribution in [0, 0.1) is 0 Å². The number of halogens is 4. The lowest BCUT2D eigenvalue weighted by atomic mass is 10.5. The van der Waals surface area contributed by atoms with Gasteiger partial charge in [-0.1, -0.05) is 0 Å². The molecule has 0 aliphatic heterocycles. The number of rotatable bonds is 10. The molecule has 0 amide bonds. The van der Waals surface area contributed by atoms with E-state index in [9.17, 15) is 0 Å². The molecule has 0 aromatic carbocycles. The summed E-state index contributed by atoms with van der Waals surface area (Å²) in [4.78, 5) is 0. The molecule has 9 heteroatoms. The lowest BCUT2D eigenvalue weighted by molar-refractivity contribution is 0.179. The highest BCUT2D eigenvalue weighted by Gasteiger charge is 2.26. The van der Waals surface area contributed by atoms with Gasteiger partial charge in [-0.05, 0) is 51.1 Å². The van der Waals surface area contributed by atoms with E-state index in [1.54, 1.807) is 0 Å². The van der Waals surface area contributed by atoms with Crippen molar-refractivity contribution < 1.29 is 8.85 Å². The van der Waals surface area contributed by atoms with E-state index in [0.29, 0.717) is 13.2 Å². The van der Waals surface area contributed by atoms with Crippen molar-refractivity contribution in [2.45, 2.75) is 51.1 Å². The Balaban J connectivity index is 3.69. The lowest BCUT2D eigenvalue weighted by Crippen LogP contribution is -2.36. The Hall–Kier alpha value is 1.73. The molecular formula is C10H24Cl4O2Si3. The van der Waals surface area contributed by atoms with Crippen LogP contribution in [0.1, 0.15) is 12.8 Å². The predicted molar refractivity (Wildman–Crippen MR) is 94.9 cm³/mol. The summed E-state index contributed by atoms with van der Waals surface area (Å²) < 4.78 is 11.6. The zero-order chi connectivity index (χ0) is 15.2. The molecule has 2 nitrogen and oxygen atoms in total. The van der Waals surface area contributed by atoms with Crippen LogP contribution in [0.2, 0.25) is 38.3 Å². The molecule has 116 valence electrons. The van der Waals surface area contributed by atoms with Crippen LogP contribution in [0.3, 0.4) is 0 Å². The molecule has 0 spiro atoms. The maximum absolute atomic E-state index is 6.04. The van der Waals surface area contributed by atoms with Crippen molar-refractivity contribution in [3.63, 3.8) is 0 Å². The first kappa shape index (κ1) is 20.7. The highest BCUT2D eigenvalue weighted by atomic mass is 35.7. The Kier molecular flexibility index (Phi) is 9.82. The zero-order valence-corrected chi connectivity index (χ0v) is 18.1. The van der Waals surface area contributed by atoms with Gasteiger partial charge in [0.1, 0.15) is 0 Å². The van der Waals surface area contributed by atoms with Crippen LogP contribution in [0.15, 0.2) is 0 Å². The standard InChI is InChI=1S/C10H24Cl4O2Si3/c1-17(2,15-7-5-9-18(3,11)12)16-8-6-10-19(4,13)14/h5-10H2,1-4H3. The highest BCUT2D eigenvalue weighted by molar-refractivity contribution is 7.45. The van der Waals surface area contributed by atoms with E-state index in [-0.39, 0.29) is 0 Å². The van der Waals surface area contributed by atoms with E-state index in [1.807, 2.05) is 26.2 Å². The Labute approximate surface area is 139 Å². The summed E-state index contributed by atoms with van der Waals surface area (Å²) in [7, 11) is -2.04. The molecule has 0 fully saturated rings. The topological polar surface area (TPSA) is 18.5 Å². The molecule has 19 heavy (non-hydrogen) atoms. The van der Waals surface area contributed by atoms with Gasteiger partial charge in [0.05, 0.1) is 0 Å². The van der Waals surface area contributed by atoms with Crippen molar-refractivity contribution in [2.75, 3.05) is 13.2 Å². The zero-order valence-electron chi connectivity index (χ0n) is 12.1. The van der Waals surface area contributed by atoms with Crippen LogP contribution in [0.25, 0.3) is 0 Å². The molecular weight excluding hydrogens is 378 g/mol. The van der Waals surface area contributed by atoms with E-state index in [0.717, 1.165) is 24.9 Å². The predicted octanol–water partition coefficient (Wildman–Crippen LogP) is 5.60. The van der Waals surface area contributed by atoms with Gasteiger partial charge in [0.15, 0.2) is 0 Å². The maximum atomic E-state index is 6.04. The average Bonchev–Trinajstić information content (AvgIpc) is 2.17. The Morgan fingerprint density at radius 3 is 1.26 bits per heavy atom. The third-order valence-electron chi connectivity index (χ3n) is 2.42. The van der Waals surface area contributed by atoms with Gasteiger partial charge in [-0.3, -0.25) is 0 Å². The molecule has 0 aliphatic rings. The van der Waals surface area contributed by atoms with Gasteiger partial charge in [0.2, 0.25) is 13.4 Å². The molecule has 0 N–H and O–H groups in total. The number of hydrogen-bond acceptors (Lipinski definition) is 2. The molecule has 0 radical (unpaired) electrons.